The number of aromatic nitrogens is 4. The summed E-state index contributed by atoms with van der Waals surface area (Å²) in [5, 5.41) is 3.08. The number of rotatable bonds is 11. The van der Waals surface area contributed by atoms with Gasteiger partial charge in [-0.2, -0.15) is 0 Å². The van der Waals surface area contributed by atoms with Crippen LogP contribution < -0.4 is 14.8 Å². The van der Waals surface area contributed by atoms with E-state index in [1.807, 2.05) is 6.92 Å². The highest BCUT2D eigenvalue weighted by atomic mass is 32.2. The highest BCUT2D eigenvalue weighted by Crippen LogP contribution is 2.32. The minimum absolute atomic E-state index is 0.265. The van der Waals surface area contributed by atoms with Crippen molar-refractivity contribution < 1.29 is 17.9 Å². The molecule has 13 heteroatoms. The molecule has 1 saturated carbocycles. The first-order chi connectivity index (χ1) is 18.8. The van der Waals surface area contributed by atoms with Crippen LogP contribution in [0.2, 0.25) is 0 Å². The minimum atomic E-state index is -3.42. The summed E-state index contributed by atoms with van der Waals surface area (Å²) < 4.78 is 33.1. The fraction of sp³-hybridized carbons (Fsp3) is 0.500. The quantitative estimate of drug-likeness (QED) is 0.353. The Labute approximate surface area is 232 Å². The van der Waals surface area contributed by atoms with Gasteiger partial charge >= 0.3 is 0 Å². The van der Waals surface area contributed by atoms with Crippen LogP contribution in [0.25, 0.3) is 10.6 Å². The number of ether oxygens (including phenoxy) is 1. The van der Waals surface area contributed by atoms with Gasteiger partial charge in [0, 0.05) is 18.4 Å². The number of nitrogens with one attached hydrogen (secondary N) is 2. The lowest BCUT2D eigenvalue weighted by atomic mass is 9.94. The summed E-state index contributed by atoms with van der Waals surface area (Å²) in [4.78, 5) is 33.9. The first-order valence-electron chi connectivity index (χ1n) is 13.2. The predicted octanol–water partition coefficient (Wildman–Crippen LogP) is 3.64. The number of carbonyl (C=O) groups excluding carboxylic acids is 1. The maximum atomic E-state index is 13.4. The van der Waals surface area contributed by atoms with Gasteiger partial charge in [0.05, 0.1) is 46.6 Å². The maximum Gasteiger partial charge on any atom is 0.280 e. The van der Waals surface area contributed by atoms with Crippen LogP contribution in [0, 0.1) is 0 Å². The van der Waals surface area contributed by atoms with Crippen molar-refractivity contribution in [3.05, 3.63) is 47.6 Å². The molecule has 2 N–H and O–H groups in total. The van der Waals surface area contributed by atoms with Gasteiger partial charge in [0.1, 0.15) is 5.69 Å². The van der Waals surface area contributed by atoms with E-state index < -0.39 is 16.1 Å². The van der Waals surface area contributed by atoms with Gasteiger partial charge in [-0.3, -0.25) is 19.5 Å². The number of carbonyl (C=O) groups is 1. The number of hydrogen-bond donors (Lipinski definition) is 2. The van der Waals surface area contributed by atoms with E-state index in [1.54, 1.807) is 36.9 Å². The van der Waals surface area contributed by atoms with Crippen LogP contribution in [0.5, 0.6) is 5.88 Å². The van der Waals surface area contributed by atoms with Crippen LogP contribution in [0.1, 0.15) is 67.0 Å². The molecule has 39 heavy (non-hydrogen) atoms. The van der Waals surface area contributed by atoms with Crippen molar-refractivity contribution in [2.24, 2.45) is 0 Å². The van der Waals surface area contributed by atoms with E-state index in [1.165, 1.54) is 11.3 Å². The lowest BCUT2D eigenvalue weighted by Crippen LogP contribution is -2.40. The third-order valence-corrected chi connectivity index (χ3v) is 9.84. The molecule has 1 amide bonds. The topological polar surface area (TPSA) is 139 Å². The van der Waals surface area contributed by atoms with Gasteiger partial charge in [-0.15, -0.1) is 11.3 Å². The zero-order chi connectivity index (χ0) is 27.4. The molecular formula is C26H33N7O4S2. The monoisotopic (exact) mass is 571 g/mol. The maximum absolute atomic E-state index is 13.4. The molecule has 2 aliphatic rings. The van der Waals surface area contributed by atoms with Crippen molar-refractivity contribution in [3.8, 4) is 16.5 Å². The van der Waals surface area contributed by atoms with Crippen LogP contribution in [-0.4, -0.2) is 70.7 Å². The third kappa shape index (κ3) is 6.89. The Morgan fingerprint density at radius 1 is 1.21 bits per heavy atom. The summed E-state index contributed by atoms with van der Waals surface area (Å²) in [5.41, 5.74) is 1.63. The second kappa shape index (κ2) is 11.9. The number of likely N-dealkylation sites (tertiary alicyclic amines) is 1. The predicted molar refractivity (Wildman–Crippen MR) is 149 cm³/mol. The van der Waals surface area contributed by atoms with Gasteiger partial charge in [-0.05, 0) is 64.8 Å². The van der Waals surface area contributed by atoms with E-state index in [0.717, 1.165) is 25.8 Å². The molecule has 11 nitrogen and oxygen atoms in total. The second-order valence-electron chi connectivity index (χ2n) is 9.91. The van der Waals surface area contributed by atoms with Crippen LogP contribution in [0.3, 0.4) is 0 Å². The van der Waals surface area contributed by atoms with E-state index in [-0.39, 0.29) is 17.2 Å². The van der Waals surface area contributed by atoms with Crippen molar-refractivity contribution in [2.75, 3.05) is 24.9 Å². The standard InChI is InChI=1S/C26H33N7O4S2/c1-3-37-24-16-27-14-22(30-24)23-15-29-26(38-23)25(34)31-21(13-18-6-4-5-11-33(18)2)20-12-17(9-10-28-20)32-39(35,36)19-7-8-19/h9-10,12,14-16,18-19,21H,3-8,11,13H2,1-2H3,(H,28,32)(H,31,34)/t18-,21+/m0/s1. The Morgan fingerprint density at radius 2 is 2.05 bits per heavy atom. The van der Waals surface area contributed by atoms with Gasteiger partial charge in [-0.25, -0.2) is 18.4 Å². The van der Waals surface area contributed by atoms with E-state index in [0.29, 0.717) is 58.7 Å². The summed E-state index contributed by atoms with van der Waals surface area (Å²) in [7, 11) is -1.32. The first kappa shape index (κ1) is 27.4. The third-order valence-electron chi connectivity index (χ3n) is 6.95. The lowest BCUT2D eigenvalue weighted by Gasteiger charge is -2.35. The van der Waals surface area contributed by atoms with Gasteiger partial charge in [0.25, 0.3) is 5.91 Å². The minimum Gasteiger partial charge on any atom is -0.477 e. The van der Waals surface area contributed by atoms with Crippen molar-refractivity contribution in [1.82, 2.24) is 30.2 Å². The van der Waals surface area contributed by atoms with Crippen LogP contribution in [-0.2, 0) is 10.0 Å². The number of sulfonamides is 1. The fourth-order valence-electron chi connectivity index (χ4n) is 4.70. The number of anilines is 1. The van der Waals surface area contributed by atoms with Crippen molar-refractivity contribution >= 4 is 33.0 Å². The molecule has 0 aromatic carbocycles. The molecule has 0 unspecified atom stereocenters. The molecule has 3 aromatic heterocycles. The van der Waals surface area contributed by atoms with Crippen molar-refractivity contribution in [3.63, 3.8) is 0 Å². The molecule has 4 heterocycles. The molecule has 0 radical (unpaired) electrons. The molecule has 2 atom stereocenters. The van der Waals surface area contributed by atoms with Crippen molar-refractivity contribution in [1.29, 1.82) is 0 Å². The normalized spacial score (nSPS) is 18.9. The van der Waals surface area contributed by atoms with Gasteiger partial charge < -0.3 is 15.0 Å². The Balaban J connectivity index is 1.36. The Bertz CT molecular complexity index is 1410. The van der Waals surface area contributed by atoms with Crippen LogP contribution in [0.15, 0.2) is 36.9 Å². The Hall–Kier alpha value is -3.16. The summed E-state index contributed by atoms with van der Waals surface area (Å²) in [6, 6.07) is 3.19. The molecule has 3 aromatic rings. The summed E-state index contributed by atoms with van der Waals surface area (Å²) in [5.74, 6) is 0.0868. The molecular weight excluding hydrogens is 538 g/mol. The average Bonchev–Trinajstić information content (AvgIpc) is 3.68. The number of pyridine rings is 1. The average molecular weight is 572 g/mol. The molecule has 208 valence electrons. The summed E-state index contributed by atoms with van der Waals surface area (Å²) in [6.45, 7) is 3.35. The number of piperidine rings is 1. The first-order valence-corrected chi connectivity index (χ1v) is 15.6. The SMILES string of the molecule is CCOc1cncc(-c2cnc(C(=O)N[C@H](C[C@@H]3CCCCN3C)c3cc(NS(=O)(=O)C4CC4)ccn3)s2)n1. The van der Waals surface area contributed by atoms with E-state index in [2.05, 4.69) is 41.9 Å². The summed E-state index contributed by atoms with van der Waals surface area (Å²) in [6.07, 6.45) is 11.6. The molecule has 0 bridgehead atoms. The zero-order valence-electron chi connectivity index (χ0n) is 22.0. The second-order valence-corrected chi connectivity index (χ2v) is 12.9. The number of nitrogens with zero attached hydrogens (tertiary/aromatic N) is 5. The molecule has 1 saturated heterocycles. The van der Waals surface area contributed by atoms with Gasteiger partial charge in [0.15, 0.2) is 5.01 Å². The number of thiazole rings is 1. The Morgan fingerprint density at radius 3 is 2.82 bits per heavy atom. The highest BCUT2D eigenvalue weighted by molar-refractivity contribution is 7.93. The van der Waals surface area contributed by atoms with Crippen molar-refractivity contribution in [2.45, 2.75) is 62.8 Å². The molecule has 0 spiro atoms. The highest BCUT2D eigenvalue weighted by Gasteiger charge is 2.36. The van der Waals surface area contributed by atoms with Gasteiger partial charge in [0.2, 0.25) is 15.9 Å². The van der Waals surface area contributed by atoms with E-state index in [9.17, 15) is 13.2 Å². The number of hydrogen-bond acceptors (Lipinski definition) is 10. The largest absolute Gasteiger partial charge is 0.477 e. The van der Waals surface area contributed by atoms with Gasteiger partial charge in [-0.1, -0.05) is 6.42 Å². The Kier molecular flexibility index (Phi) is 8.38. The van der Waals surface area contributed by atoms with Crippen LogP contribution >= 0.6 is 11.3 Å². The lowest BCUT2D eigenvalue weighted by molar-refractivity contribution is 0.0915. The van der Waals surface area contributed by atoms with E-state index in [4.69, 9.17) is 4.74 Å². The fourth-order valence-corrected chi connectivity index (χ4v) is 6.85. The molecule has 5 rings (SSSR count). The van der Waals surface area contributed by atoms with E-state index >= 15 is 0 Å². The molecule has 1 aliphatic carbocycles. The zero-order valence-corrected chi connectivity index (χ0v) is 23.7. The smallest absolute Gasteiger partial charge is 0.280 e. The summed E-state index contributed by atoms with van der Waals surface area (Å²) >= 11 is 1.22. The molecule has 2 fully saturated rings. The number of amides is 1. The molecule has 1 aliphatic heterocycles. The van der Waals surface area contributed by atoms with Crippen LogP contribution in [0.4, 0.5) is 5.69 Å².